The second-order valence-corrected chi connectivity index (χ2v) is 9.28. The van der Waals surface area contributed by atoms with Crippen molar-refractivity contribution >= 4 is 27.7 Å². The smallest absolute Gasteiger partial charge is 0.243 e. The van der Waals surface area contributed by atoms with Crippen LogP contribution in [-0.4, -0.2) is 37.5 Å². The van der Waals surface area contributed by atoms with Crippen molar-refractivity contribution < 1.29 is 13.2 Å². The van der Waals surface area contributed by atoms with Gasteiger partial charge in [0.1, 0.15) is 6.04 Å². The van der Waals surface area contributed by atoms with Crippen molar-refractivity contribution in [1.29, 1.82) is 0 Å². The minimum atomic E-state index is -3.68. The number of sulfonamides is 1. The van der Waals surface area contributed by atoms with Crippen LogP contribution in [0.25, 0.3) is 0 Å². The minimum absolute atomic E-state index is 0.233. The van der Waals surface area contributed by atoms with Gasteiger partial charge in [-0.25, -0.2) is 8.42 Å². The molecular weight excluding hydrogens is 380 g/mol. The van der Waals surface area contributed by atoms with E-state index in [1.54, 1.807) is 42.1 Å². The van der Waals surface area contributed by atoms with Crippen molar-refractivity contribution in [1.82, 2.24) is 9.62 Å². The molecule has 144 valence electrons. The van der Waals surface area contributed by atoms with Gasteiger partial charge in [-0.2, -0.15) is 4.31 Å². The second kappa shape index (κ2) is 8.91. The van der Waals surface area contributed by atoms with Crippen LogP contribution in [0.1, 0.15) is 24.8 Å². The molecule has 0 aromatic heterocycles. The van der Waals surface area contributed by atoms with Crippen molar-refractivity contribution in [2.24, 2.45) is 0 Å². The van der Waals surface area contributed by atoms with Gasteiger partial charge in [0.2, 0.25) is 15.9 Å². The van der Waals surface area contributed by atoms with Gasteiger partial charge >= 0.3 is 0 Å². The average Bonchev–Trinajstić information content (AvgIpc) is 2.73. The highest BCUT2D eigenvalue weighted by Crippen LogP contribution is 2.25. The number of rotatable bonds is 6. The van der Waals surface area contributed by atoms with Crippen LogP contribution in [0, 0.1) is 0 Å². The molecule has 1 aliphatic heterocycles. The van der Waals surface area contributed by atoms with Gasteiger partial charge in [0.05, 0.1) is 4.90 Å². The summed E-state index contributed by atoms with van der Waals surface area (Å²) in [6.45, 7) is 0.765. The Hall–Kier alpha value is -1.83. The third-order valence-electron chi connectivity index (χ3n) is 4.73. The van der Waals surface area contributed by atoms with Gasteiger partial charge in [-0.15, -0.1) is 11.8 Å². The van der Waals surface area contributed by atoms with E-state index in [4.69, 9.17) is 0 Å². The molecule has 1 amide bonds. The summed E-state index contributed by atoms with van der Waals surface area (Å²) in [5.41, 5.74) is 0.995. The van der Waals surface area contributed by atoms with Gasteiger partial charge in [0.25, 0.3) is 0 Å². The number of benzene rings is 2. The fourth-order valence-electron chi connectivity index (χ4n) is 3.23. The molecule has 1 aliphatic rings. The van der Waals surface area contributed by atoms with E-state index in [1.165, 1.54) is 4.31 Å². The first-order valence-corrected chi connectivity index (χ1v) is 11.7. The van der Waals surface area contributed by atoms with Crippen LogP contribution in [0.4, 0.5) is 0 Å². The maximum Gasteiger partial charge on any atom is 0.243 e. The minimum Gasteiger partial charge on any atom is -0.351 e. The van der Waals surface area contributed by atoms with E-state index in [-0.39, 0.29) is 10.8 Å². The zero-order valence-electron chi connectivity index (χ0n) is 15.3. The van der Waals surface area contributed by atoms with Crippen molar-refractivity contribution in [3.05, 3.63) is 60.2 Å². The van der Waals surface area contributed by atoms with Crippen LogP contribution >= 0.6 is 11.8 Å². The Bertz CT molecular complexity index is 868. The lowest BCUT2D eigenvalue weighted by atomic mass is 10.0. The van der Waals surface area contributed by atoms with Crippen LogP contribution in [0.2, 0.25) is 0 Å². The molecular formula is C20H24N2O3S2. The van der Waals surface area contributed by atoms with Gasteiger partial charge in [-0.1, -0.05) is 36.8 Å². The summed E-state index contributed by atoms with van der Waals surface area (Å²) >= 11 is 1.66. The number of amides is 1. The van der Waals surface area contributed by atoms with Gasteiger partial charge < -0.3 is 5.32 Å². The van der Waals surface area contributed by atoms with Crippen molar-refractivity contribution in [2.45, 2.75) is 41.6 Å². The molecule has 0 bridgehead atoms. The van der Waals surface area contributed by atoms with Crippen LogP contribution < -0.4 is 5.32 Å². The summed E-state index contributed by atoms with van der Waals surface area (Å²) in [4.78, 5) is 14.2. The normalized spacial score (nSPS) is 18.2. The SMILES string of the molecule is CSc1ccc(CNC(=O)C2CCCCN2S(=O)(=O)c2ccccc2)cc1. The second-order valence-electron chi connectivity index (χ2n) is 6.51. The fourth-order valence-corrected chi connectivity index (χ4v) is 5.32. The molecule has 0 saturated carbocycles. The summed E-state index contributed by atoms with van der Waals surface area (Å²) in [7, 11) is -3.68. The van der Waals surface area contributed by atoms with Crippen molar-refractivity contribution in [3.63, 3.8) is 0 Å². The predicted octanol–water partition coefficient (Wildman–Crippen LogP) is 3.27. The highest BCUT2D eigenvalue weighted by molar-refractivity contribution is 7.98. The number of hydrogen-bond donors (Lipinski definition) is 1. The van der Waals surface area contributed by atoms with Crippen LogP contribution in [-0.2, 0) is 21.4 Å². The van der Waals surface area contributed by atoms with Gasteiger partial charge in [-0.05, 0) is 48.9 Å². The first-order valence-electron chi connectivity index (χ1n) is 9.00. The number of hydrogen-bond acceptors (Lipinski definition) is 4. The van der Waals surface area contributed by atoms with Gasteiger partial charge in [-0.3, -0.25) is 4.79 Å². The third kappa shape index (κ3) is 4.72. The lowest BCUT2D eigenvalue weighted by Crippen LogP contribution is -2.51. The molecule has 1 atom stereocenters. The Morgan fingerprint density at radius 1 is 1.11 bits per heavy atom. The Kier molecular flexibility index (Phi) is 6.57. The molecule has 5 nitrogen and oxygen atoms in total. The van der Waals surface area contributed by atoms with E-state index in [1.807, 2.05) is 30.5 Å². The molecule has 1 fully saturated rings. The van der Waals surface area contributed by atoms with Crippen LogP contribution in [0.3, 0.4) is 0 Å². The van der Waals surface area contributed by atoms with Crippen LogP contribution in [0.15, 0.2) is 64.4 Å². The third-order valence-corrected chi connectivity index (χ3v) is 7.40. The number of nitrogens with zero attached hydrogens (tertiary/aromatic N) is 1. The summed E-state index contributed by atoms with van der Waals surface area (Å²) in [6, 6.07) is 15.7. The van der Waals surface area contributed by atoms with Gasteiger partial charge in [0.15, 0.2) is 0 Å². The first-order chi connectivity index (χ1) is 13.0. The number of nitrogens with one attached hydrogen (secondary N) is 1. The molecule has 2 aromatic carbocycles. The zero-order chi connectivity index (χ0) is 19.3. The van der Waals surface area contributed by atoms with E-state index in [0.717, 1.165) is 23.3 Å². The largest absolute Gasteiger partial charge is 0.351 e. The molecule has 7 heteroatoms. The summed E-state index contributed by atoms with van der Waals surface area (Å²) in [5.74, 6) is -0.233. The monoisotopic (exact) mass is 404 g/mol. The lowest BCUT2D eigenvalue weighted by molar-refractivity contribution is -0.125. The van der Waals surface area contributed by atoms with Gasteiger partial charge in [0, 0.05) is 18.0 Å². The standard InChI is InChI=1S/C20H24N2O3S2/c1-26-17-12-10-16(11-13-17)15-21-20(23)19-9-5-6-14-22(19)27(24,25)18-7-3-2-4-8-18/h2-4,7-8,10-13,19H,5-6,9,14-15H2,1H3,(H,21,23). The molecule has 0 aliphatic carbocycles. The first kappa shape index (κ1) is 19.9. The fraction of sp³-hybridized carbons (Fsp3) is 0.350. The number of carbonyl (C=O) groups excluding carboxylic acids is 1. The number of thioether (sulfide) groups is 1. The molecule has 3 rings (SSSR count). The Balaban J connectivity index is 1.71. The van der Waals surface area contributed by atoms with Crippen molar-refractivity contribution in [2.75, 3.05) is 12.8 Å². The maximum absolute atomic E-state index is 13.0. The lowest BCUT2D eigenvalue weighted by Gasteiger charge is -2.33. The molecule has 27 heavy (non-hydrogen) atoms. The Morgan fingerprint density at radius 2 is 1.81 bits per heavy atom. The number of piperidine rings is 1. The quantitative estimate of drug-likeness (QED) is 0.751. The zero-order valence-corrected chi connectivity index (χ0v) is 16.9. The average molecular weight is 405 g/mol. The highest BCUT2D eigenvalue weighted by Gasteiger charge is 2.37. The molecule has 1 unspecified atom stereocenters. The molecule has 1 N–H and O–H groups in total. The van der Waals surface area contributed by atoms with E-state index in [2.05, 4.69) is 5.32 Å². The van der Waals surface area contributed by atoms with E-state index < -0.39 is 16.1 Å². The van der Waals surface area contributed by atoms with Crippen LogP contribution in [0.5, 0.6) is 0 Å². The Morgan fingerprint density at radius 3 is 2.48 bits per heavy atom. The Labute approximate surface area is 165 Å². The van der Waals surface area contributed by atoms with E-state index in [9.17, 15) is 13.2 Å². The number of carbonyl (C=O) groups is 1. The van der Waals surface area contributed by atoms with Crippen molar-refractivity contribution in [3.8, 4) is 0 Å². The summed E-state index contributed by atoms with van der Waals surface area (Å²) in [5, 5.41) is 2.91. The predicted molar refractivity (Wildman–Crippen MR) is 108 cm³/mol. The van der Waals surface area contributed by atoms with E-state index >= 15 is 0 Å². The summed E-state index contributed by atoms with van der Waals surface area (Å²) < 4.78 is 27.3. The molecule has 0 radical (unpaired) electrons. The molecule has 0 spiro atoms. The topological polar surface area (TPSA) is 66.5 Å². The highest BCUT2D eigenvalue weighted by atomic mass is 32.2. The molecule has 2 aromatic rings. The van der Waals surface area contributed by atoms with E-state index in [0.29, 0.717) is 19.5 Å². The molecule has 1 heterocycles. The maximum atomic E-state index is 13.0. The summed E-state index contributed by atoms with van der Waals surface area (Å²) in [6.07, 6.45) is 4.18. The molecule has 1 saturated heterocycles.